The van der Waals surface area contributed by atoms with Crippen molar-refractivity contribution < 1.29 is 28.0 Å². The fourth-order valence-electron chi connectivity index (χ4n) is 2.59. The molecule has 184 valence electrons. The van der Waals surface area contributed by atoms with Crippen LogP contribution in [0.3, 0.4) is 0 Å². The number of Topliss-reactive ketones (excluding diaryl/α,β-unsaturated/α-hetero) is 3. The van der Waals surface area contributed by atoms with Gasteiger partial charge in [-0.2, -0.15) is 0 Å². The molecule has 0 atom stereocenters. The van der Waals surface area contributed by atoms with E-state index in [0.717, 1.165) is 15.4 Å². The molecular formula is C26H27NO6Se2. The molecule has 9 heteroatoms. The summed E-state index contributed by atoms with van der Waals surface area (Å²) in [4.78, 5) is 50.5. The van der Waals surface area contributed by atoms with Crippen LogP contribution in [0.15, 0.2) is 79.8 Å². The molecule has 0 saturated heterocycles. The summed E-state index contributed by atoms with van der Waals surface area (Å²) in [6, 6.07) is 14.2. The Morgan fingerprint density at radius 2 is 1.34 bits per heavy atom. The summed E-state index contributed by atoms with van der Waals surface area (Å²) < 4.78 is 11.4. The monoisotopic (exact) mass is 609 g/mol. The first kappa shape index (κ1) is 28.4. The molecule has 7 nitrogen and oxygen atoms in total. The maximum Gasteiger partial charge on any atom is 0.185 e. The Morgan fingerprint density at radius 1 is 0.771 bits per heavy atom. The number of nitrogens with zero attached hydrogens (tertiary/aromatic N) is 1. The minimum absolute atomic E-state index is 0.0740. The zero-order valence-electron chi connectivity index (χ0n) is 19.5. The van der Waals surface area contributed by atoms with E-state index in [0.29, 0.717) is 44.5 Å². The molecule has 0 aromatic carbocycles. The Bertz CT molecular complexity index is 1080. The van der Waals surface area contributed by atoms with Crippen molar-refractivity contribution in [2.24, 2.45) is 0 Å². The smallest absolute Gasteiger partial charge is 0.185 e. The standard InChI is InChI=1S/C12H10O3Se.C9H13NOSe.C5H4O2/c13-9(11-3-1-7-15-11)5-6-10(14)12-4-2-8-16-12;1-10(2)6-5-8(11)9-4-3-7-12-9;6-4-5-2-1-3-7-5/h1-4,7-8H,5-6H2;3-4,7H,5-6H2,1-2H3;1-4H. The third-order valence-electron chi connectivity index (χ3n) is 4.41. The van der Waals surface area contributed by atoms with E-state index in [2.05, 4.69) is 9.36 Å². The summed E-state index contributed by atoms with van der Waals surface area (Å²) in [6.07, 6.45) is 4.74. The number of furan rings is 2. The number of hydrogen-bond acceptors (Lipinski definition) is 7. The maximum atomic E-state index is 11.6. The van der Waals surface area contributed by atoms with Gasteiger partial charge >= 0.3 is 177 Å². The van der Waals surface area contributed by atoms with Crippen LogP contribution in [0.25, 0.3) is 0 Å². The number of rotatable bonds is 10. The second kappa shape index (κ2) is 16.0. The molecule has 35 heavy (non-hydrogen) atoms. The number of aldehydes is 1. The van der Waals surface area contributed by atoms with Crippen molar-refractivity contribution in [3.8, 4) is 0 Å². The number of carbonyl (C=O) groups is 4. The molecule has 0 radical (unpaired) electrons. The summed E-state index contributed by atoms with van der Waals surface area (Å²) in [5, 5.41) is 0. The summed E-state index contributed by atoms with van der Waals surface area (Å²) in [7, 11) is 3.97. The van der Waals surface area contributed by atoms with Gasteiger partial charge in [-0.05, 0) is 12.1 Å². The Morgan fingerprint density at radius 3 is 1.77 bits per heavy atom. The largest absolute Gasteiger partial charge is 0.462 e. The molecule has 0 saturated carbocycles. The van der Waals surface area contributed by atoms with Crippen molar-refractivity contribution >= 4 is 52.6 Å². The normalized spacial score (nSPS) is 10.0. The molecule has 4 aromatic heterocycles. The van der Waals surface area contributed by atoms with Gasteiger partial charge < -0.3 is 4.42 Å². The molecule has 4 heterocycles. The van der Waals surface area contributed by atoms with Crippen molar-refractivity contribution in [1.82, 2.24) is 4.90 Å². The molecule has 4 rings (SSSR count). The van der Waals surface area contributed by atoms with Gasteiger partial charge in [0.25, 0.3) is 0 Å². The minimum atomic E-state index is -0.114. The van der Waals surface area contributed by atoms with Gasteiger partial charge in [0.2, 0.25) is 0 Å². The first-order valence-corrected chi connectivity index (χ1v) is 14.4. The fraction of sp³-hybridized carbons (Fsp3) is 0.231. The van der Waals surface area contributed by atoms with Gasteiger partial charge in [0.15, 0.2) is 12.0 Å². The molecule has 0 spiro atoms. The van der Waals surface area contributed by atoms with Gasteiger partial charge in [-0.25, -0.2) is 0 Å². The molecule has 0 aliphatic rings. The van der Waals surface area contributed by atoms with E-state index in [9.17, 15) is 19.2 Å². The van der Waals surface area contributed by atoms with Gasteiger partial charge in [-0.15, -0.1) is 0 Å². The molecule has 0 amide bonds. The van der Waals surface area contributed by atoms with Crippen LogP contribution >= 0.6 is 0 Å². The average Bonchev–Trinajstić information content (AvgIpc) is 3.69. The number of carbonyl (C=O) groups excluding carboxylic acids is 4. The Hall–Kier alpha value is -2.80. The Kier molecular flexibility index (Phi) is 13.0. The predicted molar refractivity (Wildman–Crippen MR) is 135 cm³/mol. The molecule has 0 fully saturated rings. The SMILES string of the molecule is CN(C)CCC(=O)c1ccc[se]1.O=C(CCC(=O)c1ccc[se]1)c1ccco1.O=Cc1ccco1. The fourth-order valence-corrected chi connectivity index (χ4v) is 5.51. The van der Waals surface area contributed by atoms with Crippen molar-refractivity contribution in [1.29, 1.82) is 0 Å². The van der Waals surface area contributed by atoms with E-state index >= 15 is 0 Å². The zero-order chi connectivity index (χ0) is 25.5. The van der Waals surface area contributed by atoms with Crippen LogP contribution in [-0.4, -0.2) is 78.2 Å². The summed E-state index contributed by atoms with van der Waals surface area (Å²) >= 11 is 0.466. The second-order valence-electron chi connectivity index (χ2n) is 7.39. The van der Waals surface area contributed by atoms with Crippen molar-refractivity contribution in [3.63, 3.8) is 0 Å². The van der Waals surface area contributed by atoms with E-state index in [-0.39, 0.29) is 38.9 Å². The van der Waals surface area contributed by atoms with Crippen LogP contribution < -0.4 is 0 Å². The quantitative estimate of drug-likeness (QED) is 0.152. The molecule has 0 unspecified atom stereocenters. The molecule has 0 bridgehead atoms. The third kappa shape index (κ3) is 11.0. The van der Waals surface area contributed by atoms with E-state index in [1.165, 1.54) is 12.5 Å². The summed E-state index contributed by atoms with van der Waals surface area (Å²) in [6.45, 7) is 0.853. The molecule has 0 aliphatic heterocycles. The minimum Gasteiger partial charge on any atom is -0.462 e. The Balaban J connectivity index is 0.000000200. The summed E-state index contributed by atoms with van der Waals surface area (Å²) in [5.41, 5.74) is 0. The first-order valence-electron chi connectivity index (χ1n) is 10.7. The van der Waals surface area contributed by atoms with Gasteiger partial charge in [0.05, 0.1) is 6.26 Å². The van der Waals surface area contributed by atoms with Crippen LogP contribution in [0.5, 0.6) is 0 Å². The van der Waals surface area contributed by atoms with Crippen molar-refractivity contribution in [3.05, 3.63) is 91.3 Å². The van der Waals surface area contributed by atoms with Crippen LogP contribution in [0.2, 0.25) is 0 Å². The third-order valence-corrected chi connectivity index (χ3v) is 8.23. The molecule has 0 N–H and O–H groups in total. The van der Waals surface area contributed by atoms with E-state index in [1.54, 1.807) is 24.3 Å². The van der Waals surface area contributed by atoms with Crippen LogP contribution in [-0.2, 0) is 0 Å². The van der Waals surface area contributed by atoms with Gasteiger partial charge in [0, 0.05) is 0 Å². The second-order valence-corrected chi connectivity index (χ2v) is 11.4. The van der Waals surface area contributed by atoms with Crippen LogP contribution in [0.4, 0.5) is 0 Å². The van der Waals surface area contributed by atoms with E-state index in [1.807, 2.05) is 48.2 Å². The molecule has 4 aromatic rings. The van der Waals surface area contributed by atoms with Crippen LogP contribution in [0.1, 0.15) is 58.8 Å². The van der Waals surface area contributed by atoms with Gasteiger partial charge in [-0.3, -0.25) is 4.79 Å². The van der Waals surface area contributed by atoms with Gasteiger partial charge in [-0.1, -0.05) is 0 Å². The van der Waals surface area contributed by atoms with E-state index < -0.39 is 0 Å². The maximum absolute atomic E-state index is 11.6. The van der Waals surface area contributed by atoms with Gasteiger partial charge in [0.1, 0.15) is 0 Å². The Labute approximate surface area is 216 Å². The average molecular weight is 607 g/mol. The molecule has 0 aliphatic carbocycles. The summed E-state index contributed by atoms with van der Waals surface area (Å²) in [5.74, 6) is 0.979. The zero-order valence-corrected chi connectivity index (χ0v) is 23.0. The van der Waals surface area contributed by atoms with Crippen molar-refractivity contribution in [2.45, 2.75) is 19.3 Å². The number of ketones is 3. The predicted octanol–water partition coefficient (Wildman–Crippen LogP) is 4.15. The molecular weight excluding hydrogens is 580 g/mol. The van der Waals surface area contributed by atoms with E-state index in [4.69, 9.17) is 4.42 Å². The van der Waals surface area contributed by atoms with Crippen molar-refractivity contribution in [2.75, 3.05) is 20.6 Å². The first-order chi connectivity index (χ1) is 16.9. The topological polar surface area (TPSA) is 97.8 Å². The number of hydrogen-bond donors (Lipinski definition) is 0. The van der Waals surface area contributed by atoms with Crippen LogP contribution in [0, 0.1) is 0 Å².